The summed E-state index contributed by atoms with van der Waals surface area (Å²) in [5.74, 6) is -0.614. The summed E-state index contributed by atoms with van der Waals surface area (Å²) in [4.78, 5) is 12.7. The maximum Gasteiger partial charge on any atom is 0.230 e. The zero-order valence-corrected chi connectivity index (χ0v) is 15.0. The predicted octanol–water partition coefficient (Wildman–Crippen LogP) is 3.77. The largest absolute Gasteiger partial charge is 0.393 e. The van der Waals surface area contributed by atoms with Crippen LogP contribution in [0.4, 0.5) is 4.39 Å². The highest BCUT2D eigenvalue weighted by Crippen LogP contribution is 2.27. The van der Waals surface area contributed by atoms with E-state index in [1.54, 1.807) is 39.0 Å². The number of nitrogens with one attached hydrogen (secondary N) is 1. The molecule has 3 nitrogen and oxygen atoms in total. The molecule has 2 unspecified atom stereocenters. The lowest BCUT2D eigenvalue weighted by atomic mass is 9.83. The van der Waals surface area contributed by atoms with E-state index in [2.05, 4.69) is 5.32 Å². The summed E-state index contributed by atoms with van der Waals surface area (Å²) in [6, 6.07) is 16.1. The first-order chi connectivity index (χ1) is 11.8. The van der Waals surface area contributed by atoms with Gasteiger partial charge in [-0.1, -0.05) is 48.5 Å². The number of aliphatic hydroxyl groups is 1. The summed E-state index contributed by atoms with van der Waals surface area (Å²) in [6.07, 6.45) is 0.0754. The van der Waals surface area contributed by atoms with Crippen LogP contribution in [0.1, 0.15) is 44.2 Å². The van der Waals surface area contributed by atoms with Gasteiger partial charge in [0.2, 0.25) is 5.91 Å². The summed E-state index contributed by atoms with van der Waals surface area (Å²) in [5, 5.41) is 12.7. The number of hydrogen-bond acceptors (Lipinski definition) is 2. The van der Waals surface area contributed by atoms with Gasteiger partial charge in [0, 0.05) is 18.0 Å². The molecule has 2 atom stereocenters. The molecule has 2 aromatic rings. The number of amides is 1. The summed E-state index contributed by atoms with van der Waals surface area (Å²) < 4.78 is 14.1. The van der Waals surface area contributed by atoms with Gasteiger partial charge in [0.25, 0.3) is 0 Å². The van der Waals surface area contributed by atoms with Gasteiger partial charge in [-0.05, 0) is 38.8 Å². The summed E-state index contributed by atoms with van der Waals surface area (Å²) in [7, 11) is 0. The Balaban J connectivity index is 2.11. The minimum absolute atomic E-state index is 0.00145. The molecule has 0 aromatic heterocycles. The number of carbonyl (C=O) groups is 1. The van der Waals surface area contributed by atoms with E-state index in [4.69, 9.17) is 0 Å². The standard InChI is InChI=1S/C21H26FNO2/c1-15(24)13-17(16-9-5-4-6-10-16)14-23-20(25)21(2,3)18-11-7-8-12-19(18)22/h4-12,15,17,24H,13-14H2,1-3H3,(H,23,25). The fourth-order valence-electron chi connectivity index (χ4n) is 3.00. The Kier molecular flexibility index (Phi) is 6.32. The second-order valence-electron chi connectivity index (χ2n) is 7.01. The van der Waals surface area contributed by atoms with Crippen LogP contribution < -0.4 is 5.32 Å². The van der Waals surface area contributed by atoms with Crippen molar-refractivity contribution in [1.29, 1.82) is 0 Å². The molecule has 0 bridgehead atoms. The van der Waals surface area contributed by atoms with Crippen LogP contribution in [0.25, 0.3) is 0 Å². The smallest absolute Gasteiger partial charge is 0.230 e. The van der Waals surface area contributed by atoms with E-state index in [0.29, 0.717) is 18.5 Å². The van der Waals surface area contributed by atoms with Crippen LogP contribution in [0.2, 0.25) is 0 Å². The molecule has 4 heteroatoms. The van der Waals surface area contributed by atoms with Gasteiger partial charge in [-0.25, -0.2) is 4.39 Å². The predicted molar refractivity (Wildman–Crippen MR) is 97.9 cm³/mol. The van der Waals surface area contributed by atoms with E-state index in [-0.39, 0.29) is 17.6 Å². The zero-order valence-electron chi connectivity index (χ0n) is 15.0. The molecule has 1 amide bonds. The first-order valence-corrected chi connectivity index (χ1v) is 8.58. The van der Waals surface area contributed by atoms with E-state index < -0.39 is 11.5 Å². The Morgan fingerprint density at radius 1 is 1.12 bits per heavy atom. The van der Waals surface area contributed by atoms with Gasteiger partial charge in [0.05, 0.1) is 11.5 Å². The van der Waals surface area contributed by atoms with Crippen LogP contribution >= 0.6 is 0 Å². The zero-order chi connectivity index (χ0) is 18.4. The minimum atomic E-state index is -0.975. The third-order valence-corrected chi connectivity index (χ3v) is 4.52. The SMILES string of the molecule is CC(O)CC(CNC(=O)C(C)(C)c1ccccc1F)c1ccccc1. The maximum absolute atomic E-state index is 14.1. The topological polar surface area (TPSA) is 49.3 Å². The number of rotatable bonds is 7. The summed E-state index contributed by atoms with van der Waals surface area (Å²) in [6.45, 7) is 5.56. The van der Waals surface area contributed by atoms with Gasteiger partial charge in [-0.3, -0.25) is 4.79 Å². The van der Waals surface area contributed by atoms with Gasteiger partial charge < -0.3 is 10.4 Å². The monoisotopic (exact) mass is 343 g/mol. The quantitative estimate of drug-likeness (QED) is 0.804. The number of benzene rings is 2. The lowest BCUT2D eigenvalue weighted by Crippen LogP contribution is -2.42. The van der Waals surface area contributed by atoms with Crippen LogP contribution in [0.5, 0.6) is 0 Å². The fraction of sp³-hybridized carbons (Fsp3) is 0.381. The highest BCUT2D eigenvalue weighted by atomic mass is 19.1. The second-order valence-corrected chi connectivity index (χ2v) is 7.01. The Labute approximate surface area is 148 Å². The fourth-order valence-corrected chi connectivity index (χ4v) is 3.00. The molecule has 0 fully saturated rings. The highest BCUT2D eigenvalue weighted by molar-refractivity contribution is 5.87. The molecule has 2 rings (SSSR count). The van der Waals surface area contributed by atoms with Gasteiger partial charge in [-0.2, -0.15) is 0 Å². The number of aliphatic hydroxyl groups excluding tert-OH is 1. The maximum atomic E-state index is 14.1. The van der Waals surface area contributed by atoms with Crippen molar-refractivity contribution >= 4 is 5.91 Å². The molecule has 25 heavy (non-hydrogen) atoms. The van der Waals surface area contributed by atoms with Crippen molar-refractivity contribution in [2.75, 3.05) is 6.54 Å². The molecule has 2 aromatic carbocycles. The van der Waals surface area contributed by atoms with Crippen molar-refractivity contribution in [3.8, 4) is 0 Å². The van der Waals surface area contributed by atoms with Crippen LogP contribution in [-0.4, -0.2) is 23.7 Å². The summed E-state index contributed by atoms with van der Waals surface area (Å²) in [5.41, 5.74) is 0.462. The van der Waals surface area contributed by atoms with Crippen LogP contribution in [0.15, 0.2) is 54.6 Å². The van der Waals surface area contributed by atoms with Crippen LogP contribution in [0.3, 0.4) is 0 Å². The third-order valence-electron chi connectivity index (χ3n) is 4.52. The van der Waals surface area contributed by atoms with E-state index in [1.165, 1.54) is 6.07 Å². The second kappa shape index (κ2) is 8.26. The van der Waals surface area contributed by atoms with Crippen molar-refractivity contribution in [2.45, 2.75) is 44.6 Å². The van der Waals surface area contributed by atoms with Gasteiger partial charge in [-0.15, -0.1) is 0 Å². The average Bonchev–Trinajstić information content (AvgIpc) is 2.59. The number of hydrogen-bond donors (Lipinski definition) is 2. The first kappa shape index (κ1) is 19.1. The molecular formula is C21H26FNO2. The van der Waals surface area contributed by atoms with E-state index in [1.807, 2.05) is 30.3 Å². The average molecular weight is 343 g/mol. The molecule has 134 valence electrons. The normalized spacial score (nSPS) is 14.0. The van der Waals surface area contributed by atoms with E-state index in [9.17, 15) is 14.3 Å². The number of halogens is 1. The van der Waals surface area contributed by atoms with Gasteiger partial charge in [0.1, 0.15) is 5.82 Å². The van der Waals surface area contributed by atoms with Crippen molar-refractivity contribution in [3.63, 3.8) is 0 Å². The molecule has 0 saturated heterocycles. The molecule has 0 aliphatic rings. The van der Waals surface area contributed by atoms with Crippen molar-refractivity contribution in [1.82, 2.24) is 5.32 Å². The van der Waals surface area contributed by atoms with Crippen molar-refractivity contribution < 1.29 is 14.3 Å². The van der Waals surface area contributed by atoms with E-state index >= 15 is 0 Å². The van der Waals surface area contributed by atoms with Gasteiger partial charge in [0.15, 0.2) is 0 Å². The van der Waals surface area contributed by atoms with Crippen molar-refractivity contribution in [3.05, 3.63) is 71.5 Å². The van der Waals surface area contributed by atoms with Gasteiger partial charge >= 0.3 is 0 Å². The molecule has 2 N–H and O–H groups in total. The minimum Gasteiger partial charge on any atom is -0.393 e. The molecule has 0 radical (unpaired) electrons. The molecule has 0 heterocycles. The van der Waals surface area contributed by atoms with E-state index in [0.717, 1.165) is 5.56 Å². The Hall–Kier alpha value is -2.20. The summed E-state index contributed by atoms with van der Waals surface area (Å²) >= 11 is 0. The number of carbonyl (C=O) groups excluding carboxylic acids is 1. The van der Waals surface area contributed by atoms with Crippen molar-refractivity contribution in [2.24, 2.45) is 0 Å². The Morgan fingerprint density at radius 3 is 2.32 bits per heavy atom. The highest BCUT2D eigenvalue weighted by Gasteiger charge is 2.32. The molecule has 0 aliphatic heterocycles. The third kappa shape index (κ3) is 4.89. The van der Waals surface area contributed by atoms with Crippen LogP contribution in [0, 0.1) is 5.82 Å². The Morgan fingerprint density at radius 2 is 1.72 bits per heavy atom. The lowest BCUT2D eigenvalue weighted by Gasteiger charge is -2.27. The molecule has 0 spiro atoms. The molecule has 0 aliphatic carbocycles. The van der Waals surface area contributed by atoms with Crippen LogP contribution in [-0.2, 0) is 10.2 Å². The first-order valence-electron chi connectivity index (χ1n) is 8.58. The lowest BCUT2D eigenvalue weighted by molar-refractivity contribution is -0.125. The molecular weight excluding hydrogens is 317 g/mol. The molecule has 0 saturated carbocycles. The Bertz CT molecular complexity index is 698.